The highest BCUT2D eigenvalue weighted by atomic mass is 35.5. The maximum atomic E-state index is 12.1. The lowest BCUT2D eigenvalue weighted by Gasteiger charge is -2.18. The van der Waals surface area contributed by atoms with Crippen molar-refractivity contribution in [2.24, 2.45) is 0 Å². The summed E-state index contributed by atoms with van der Waals surface area (Å²) in [6.45, 7) is 4.13. The predicted octanol–water partition coefficient (Wildman–Crippen LogP) is 4.52. The maximum absolute atomic E-state index is 12.1. The number of hydrogen-bond donors (Lipinski definition) is 2. The van der Waals surface area contributed by atoms with E-state index in [1.807, 2.05) is 62.4 Å². The normalized spacial score (nSPS) is 13.4. The summed E-state index contributed by atoms with van der Waals surface area (Å²) in [7, 11) is 0. The van der Waals surface area contributed by atoms with Gasteiger partial charge in [-0.05, 0) is 43.2 Å². The highest BCUT2D eigenvalue weighted by Crippen LogP contribution is 2.22. The standard InChI is InChI=1S/C18H20Cl2N2O/c1-12(14-6-5-7-15(19)10-14)22-18(23)11-21-13(2)16-8-3-4-9-17(16)20/h3-10,12-13,21H,11H2,1-2H3,(H,22,23)/t12-,13+/m1/s1. The van der Waals surface area contributed by atoms with Gasteiger partial charge in [-0.15, -0.1) is 0 Å². The summed E-state index contributed by atoms with van der Waals surface area (Å²) in [5.74, 6) is -0.0728. The molecule has 2 aromatic carbocycles. The van der Waals surface area contributed by atoms with Crippen LogP contribution in [0.1, 0.15) is 37.1 Å². The molecule has 122 valence electrons. The summed E-state index contributed by atoms with van der Waals surface area (Å²) in [6.07, 6.45) is 0. The molecule has 0 spiro atoms. The molecule has 2 rings (SSSR count). The van der Waals surface area contributed by atoms with Gasteiger partial charge in [-0.3, -0.25) is 4.79 Å². The van der Waals surface area contributed by atoms with Crippen molar-refractivity contribution in [2.75, 3.05) is 6.54 Å². The number of carbonyl (C=O) groups is 1. The first-order valence-corrected chi connectivity index (χ1v) is 8.25. The van der Waals surface area contributed by atoms with Gasteiger partial charge in [0, 0.05) is 16.1 Å². The summed E-state index contributed by atoms with van der Waals surface area (Å²) < 4.78 is 0. The van der Waals surface area contributed by atoms with E-state index in [4.69, 9.17) is 23.2 Å². The predicted molar refractivity (Wildman–Crippen MR) is 95.9 cm³/mol. The fraction of sp³-hybridized carbons (Fsp3) is 0.278. The van der Waals surface area contributed by atoms with Gasteiger partial charge in [0.05, 0.1) is 12.6 Å². The molecule has 0 heterocycles. The molecule has 2 aromatic rings. The van der Waals surface area contributed by atoms with Crippen LogP contribution in [0, 0.1) is 0 Å². The molecule has 5 heteroatoms. The van der Waals surface area contributed by atoms with Crippen LogP contribution in [0.15, 0.2) is 48.5 Å². The Balaban J connectivity index is 1.86. The molecule has 0 unspecified atom stereocenters. The third-order valence-electron chi connectivity index (χ3n) is 3.67. The van der Waals surface area contributed by atoms with Gasteiger partial charge in [-0.1, -0.05) is 53.5 Å². The number of amides is 1. The summed E-state index contributed by atoms with van der Waals surface area (Å²) in [5.41, 5.74) is 1.95. The quantitative estimate of drug-likeness (QED) is 0.803. The van der Waals surface area contributed by atoms with Gasteiger partial charge < -0.3 is 10.6 Å². The molecule has 0 bridgehead atoms. The second-order valence-corrected chi connectivity index (χ2v) is 6.31. The van der Waals surface area contributed by atoms with Gasteiger partial charge in [0.25, 0.3) is 0 Å². The lowest BCUT2D eigenvalue weighted by molar-refractivity contribution is -0.121. The molecule has 0 aliphatic carbocycles. The summed E-state index contributed by atoms with van der Waals surface area (Å²) in [6, 6.07) is 15.0. The van der Waals surface area contributed by atoms with Crippen LogP contribution in [0.4, 0.5) is 0 Å². The van der Waals surface area contributed by atoms with Crippen LogP contribution in [0.25, 0.3) is 0 Å². The van der Waals surface area contributed by atoms with E-state index in [2.05, 4.69) is 10.6 Å². The molecule has 3 nitrogen and oxygen atoms in total. The molecule has 0 fully saturated rings. The molecule has 23 heavy (non-hydrogen) atoms. The number of rotatable bonds is 6. The van der Waals surface area contributed by atoms with E-state index in [-0.39, 0.29) is 24.5 Å². The number of halogens is 2. The van der Waals surface area contributed by atoms with E-state index in [0.717, 1.165) is 11.1 Å². The van der Waals surface area contributed by atoms with Gasteiger partial charge in [-0.25, -0.2) is 0 Å². The van der Waals surface area contributed by atoms with Crippen molar-refractivity contribution in [3.05, 3.63) is 69.7 Å². The van der Waals surface area contributed by atoms with Crippen molar-refractivity contribution < 1.29 is 4.79 Å². The lowest BCUT2D eigenvalue weighted by Crippen LogP contribution is -2.36. The lowest BCUT2D eigenvalue weighted by atomic mass is 10.1. The fourth-order valence-electron chi connectivity index (χ4n) is 2.33. The van der Waals surface area contributed by atoms with E-state index in [9.17, 15) is 4.79 Å². The van der Waals surface area contributed by atoms with Crippen LogP contribution < -0.4 is 10.6 Å². The minimum atomic E-state index is -0.0985. The number of hydrogen-bond acceptors (Lipinski definition) is 2. The first kappa shape index (κ1) is 17.8. The van der Waals surface area contributed by atoms with Gasteiger partial charge in [0.1, 0.15) is 0 Å². The Kier molecular flexibility index (Phi) is 6.46. The van der Waals surface area contributed by atoms with E-state index < -0.39 is 0 Å². The Morgan fingerprint density at radius 1 is 1.04 bits per heavy atom. The van der Waals surface area contributed by atoms with Crippen molar-refractivity contribution in [1.29, 1.82) is 0 Å². The number of carbonyl (C=O) groups excluding carboxylic acids is 1. The summed E-state index contributed by atoms with van der Waals surface area (Å²) in [4.78, 5) is 12.1. The fourth-order valence-corrected chi connectivity index (χ4v) is 2.83. The van der Waals surface area contributed by atoms with Gasteiger partial charge in [-0.2, -0.15) is 0 Å². The van der Waals surface area contributed by atoms with Crippen molar-refractivity contribution >= 4 is 29.1 Å². The van der Waals surface area contributed by atoms with E-state index >= 15 is 0 Å². The van der Waals surface area contributed by atoms with Crippen LogP contribution in [0.2, 0.25) is 10.0 Å². The third-order valence-corrected chi connectivity index (χ3v) is 4.25. The van der Waals surface area contributed by atoms with Crippen molar-refractivity contribution in [3.8, 4) is 0 Å². The molecule has 2 atom stereocenters. The maximum Gasteiger partial charge on any atom is 0.234 e. The van der Waals surface area contributed by atoms with Crippen LogP contribution in [-0.2, 0) is 4.79 Å². The van der Waals surface area contributed by atoms with Crippen LogP contribution in [0.3, 0.4) is 0 Å². The van der Waals surface area contributed by atoms with Crippen LogP contribution in [-0.4, -0.2) is 12.5 Å². The smallest absolute Gasteiger partial charge is 0.234 e. The number of nitrogens with one attached hydrogen (secondary N) is 2. The Morgan fingerprint density at radius 3 is 2.48 bits per heavy atom. The molecular formula is C18H20Cl2N2O. The average Bonchev–Trinajstić information content (AvgIpc) is 2.53. The summed E-state index contributed by atoms with van der Waals surface area (Å²) in [5, 5.41) is 7.49. The van der Waals surface area contributed by atoms with Gasteiger partial charge >= 0.3 is 0 Å². The third kappa shape index (κ3) is 5.24. The van der Waals surface area contributed by atoms with Crippen LogP contribution >= 0.6 is 23.2 Å². The first-order valence-electron chi connectivity index (χ1n) is 7.50. The van der Waals surface area contributed by atoms with E-state index in [0.29, 0.717) is 10.0 Å². The zero-order valence-corrected chi connectivity index (χ0v) is 14.7. The zero-order valence-electron chi connectivity index (χ0n) is 13.1. The Bertz CT molecular complexity index is 676. The monoisotopic (exact) mass is 350 g/mol. The molecule has 0 radical (unpaired) electrons. The van der Waals surface area contributed by atoms with Crippen molar-refractivity contribution in [1.82, 2.24) is 10.6 Å². The molecule has 0 aliphatic heterocycles. The SMILES string of the molecule is C[C@H](NCC(=O)N[C@H](C)c1cccc(Cl)c1)c1ccccc1Cl. The van der Waals surface area contributed by atoms with E-state index in [1.165, 1.54) is 0 Å². The molecule has 0 saturated heterocycles. The van der Waals surface area contributed by atoms with Gasteiger partial charge in [0.15, 0.2) is 0 Å². The van der Waals surface area contributed by atoms with Crippen molar-refractivity contribution in [3.63, 3.8) is 0 Å². The topological polar surface area (TPSA) is 41.1 Å². The van der Waals surface area contributed by atoms with Crippen LogP contribution in [0.5, 0.6) is 0 Å². The minimum absolute atomic E-state index is 0.00377. The Morgan fingerprint density at radius 2 is 1.78 bits per heavy atom. The average molecular weight is 351 g/mol. The number of benzene rings is 2. The molecule has 1 amide bonds. The minimum Gasteiger partial charge on any atom is -0.348 e. The molecular weight excluding hydrogens is 331 g/mol. The molecule has 0 saturated carbocycles. The Hall–Kier alpha value is -1.55. The van der Waals surface area contributed by atoms with E-state index in [1.54, 1.807) is 0 Å². The highest BCUT2D eigenvalue weighted by molar-refractivity contribution is 6.31. The molecule has 0 aliphatic rings. The highest BCUT2D eigenvalue weighted by Gasteiger charge is 2.13. The molecule has 0 aromatic heterocycles. The second kappa shape index (κ2) is 8.34. The Labute approximate surface area is 147 Å². The first-order chi connectivity index (χ1) is 11.0. The van der Waals surface area contributed by atoms with Crippen molar-refractivity contribution in [2.45, 2.75) is 25.9 Å². The second-order valence-electron chi connectivity index (χ2n) is 5.47. The zero-order chi connectivity index (χ0) is 16.8. The van der Waals surface area contributed by atoms with Gasteiger partial charge in [0.2, 0.25) is 5.91 Å². The summed E-state index contributed by atoms with van der Waals surface area (Å²) >= 11 is 12.1. The molecule has 2 N–H and O–H groups in total. The largest absolute Gasteiger partial charge is 0.348 e.